The Morgan fingerprint density at radius 1 is 1.40 bits per heavy atom. The van der Waals surface area contributed by atoms with Gasteiger partial charge in [0.25, 0.3) is 0 Å². The van der Waals surface area contributed by atoms with Crippen molar-refractivity contribution in [1.29, 1.82) is 0 Å². The molecule has 0 aliphatic carbocycles. The standard InChI is InChI=1S/C15H18N2O3/c1-3-20-15(19)14-8-16-17(10-14)9-12-4-6-13(7-5-12)11(2)18/h4-8,10-11,18H,3,9H2,1-2H3. The maximum Gasteiger partial charge on any atom is 0.341 e. The lowest BCUT2D eigenvalue weighted by Gasteiger charge is -2.06. The molecule has 1 atom stereocenters. The van der Waals surface area contributed by atoms with E-state index in [9.17, 15) is 9.90 Å². The Kier molecular flexibility index (Phi) is 4.53. The first-order chi connectivity index (χ1) is 9.60. The number of carbonyl (C=O) groups excluding carboxylic acids is 1. The van der Waals surface area contributed by atoms with Gasteiger partial charge in [0.15, 0.2) is 0 Å². The van der Waals surface area contributed by atoms with E-state index < -0.39 is 6.10 Å². The minimum atomic E-state index is -0.468. The molecule has 1 unspecified atom stereocenters. The minimum Gasteiger partial charge on any atom is -0.462 e. The zero-order valence-corrected chi connectivity index (χ0v) is 11.6. The summed E-state index contributed by atoms with van der Waals surface area (Å²) < 4.78 is 6.60. The molecule has 2 rings (SSSR count). The maximum atomic E-state index is 11.5. The van der Waals surface area contributed by atoms with E-state index in [1.54, 1.807) is 24.7 Å². The average Bonchev–Trinajstić information content (AvgIpc) is 2.88. The highest BCUT2D eigenvalue weighted by atomic mass is 16.5. The molecule has 1 aromatic heterocycles. The number of carbonyl (C=O) groups is 1. The summed E-state index contributed by atoms with van der Waals surface area (Å²) in [6.07, 6.45) is 2.70. The molecular formula is C15H18N2O3. The molecule has 0 aliphatic heterocycles. The van der Waals surface area contributed by atoms with Crippen molar-refractivity contribution in [2.24, 2.45) is 0 Å². The Bertz CT molecular complexity index is 573. The van der Waals surface area contributed by atoms with Gasteiger partial charge in [-0.2, -0.15) is 5.10 Å². The van der Waals surface area contributed by atoms with E-state index >= 15 is 0 Å². The number of rotatable bonds is 5. The van der Waals surface area contributed by atoms with Crippen LogP contribution in [0.3, 0.4) is 0 Å². The van der Waals surface area contributed by atoms with Gasteiger partial charge in [0, 0.05) is 6.20 Å². The number of aliphatic hydroxyl groups is 1. The zero-order chi connectivity index (χ0) is 14.5. The van der Waals surface area contributed by atoms with Crippen LogP contribution in [0.1, 0.15) is 41.4 Å². The van der Waals surface area contributed by atoms with Crippen molar-refractivity contribution in [2.45, 2.75) is 26.5 Å². The summed E-state index contributed by atoms with van der Waals surface area (Å²) >= 11 is 0. The maximum absolute atomic E-state index is 11.5. The fourth-order valence-electron chi connectivity index (χ4n) is 1.86. The highest BCUT2D eigenvalue weighted by molar-refractivity contribution is 5.88. The molecule has 0 aliphatic rings. The monoisotopic (exact) mass is 274 g/mol. The van der Waals surface area contributed by atoms with Crippen LogP contribution in [0.25, 0.3) is 0 Å². The normalized spacial score (nSPS) is 12.2. The van der Waals surface area contributed by atoms with Crippen LogP contribution >= 0.6 is 0 Å². The molecule has 0 fully saturated rings. The molecule has 1 heterocycles. The third kappa shape index (κ3) is 3.45. The van der Waals surface area contributed by atoms with Gasteiger partial charge in [-0.1, -0.05) is 24.3 Å². The van der Waals surface area contributed by atoms with Gasteiger partial charge in [0.05, 0.1) is 31.0 Å². The summed E-state index contributed by atoms with van der Waals surface area (Å²) in [6.45, 7) is 4.42. The molecule has 5 heteroatoms. The number of ether oxygens (including phenoxy) is 1. The third-order valence-electron chi connectivity index (χ3n) is 2.95. The Balaban J connectivity index is 2.05. The van der Waals surface area contributed by atoms with Gasteiger partial charge in [-0.15, -0.1) is 0 Å². The van der Waals surface area contributed by atoms with E-state index in [1.807, 2.05) is 24.3 Å². The van der Waals surface area contributed by atoms with Crippen LogP contribution in [0.4, 0.5) is 0 Å². The molecule has 20 heavy (non-hydrogen) atoms. The zero-order valence-electron chi connectivity index (χ0n) is 11.6. The van der Waals surface area contributed by atoms with Crippen molar-refractivity contribution in [3.8, 4) is 0 Å². The second-order valence-corrected chi connectivity index (χ2v) is 4.56. The Morgan fingerprint density at radius 3 is 2.70 bits per heavy atom. The van der Waals surface area contributed by atoms with Crippen molar-refractivity contribution in [3.05, 3.63) is 53.3 Å². The van der Waals surface area contributed by atoms with Gasteiger partial charge in [0.2, 0.25) is 0 Å². The van der Waals surface area contributed by atoms with E-state index in [-0.39, 0.29) is 5.97 Å². The second kappa shape index (κ2) is 6.34. The SMILES string of the molecule is CCOC(=O)c1cnn(Cc2ccc(C(C)O)cc2)c1. The number of hydrogen-bond donors (Lipinski definition) is 1. The summed E-state index contributed by atoms with van der Waals surface area (Å²) in [5.74, 6) is -0.358. The number of nitrogens with zero attached hydrogens (tertiary/aromatic N) is 2. The van der Waals surface area contributed by atoms with Crippen molar-refractivity contribution in [2.75, 3.05) is 6.61 Å². The van der Waals surface area contributed by atoms with Gasteiger partial charge < -0.3 is 9.84 Å². The predicted molar refractivity (Wildman–Crippen MR) is 74.4 cm³/mol. The van der Waals surface area contributed by atoms with E-state index in [0.717, 1.165) is 11.1 Å². The third-order valence-corrected chi connectivity index (χ3v) is 2.95. The summed E-state index contributed by atoms with van der Waals surface area (Å²) in [6, 6.07) is 7.65. The van der Waals surface area contributed by atoms with Crippen LogP contribution in [0, 0.1) is 0 Å². The first-order valence-electron chi connectivity index (χ1n) is 6.56. The van der Waals surface area contributed by atoms with E-state index in [2.05, 4.69) is 5.10 Å². The van der Waals surface area contributed by atoms with Crippen molar-refractivity contribution in [1.82, 2.24) is 9.78 Å². The molecule has 0 saturated heterocycles. The number of hydrogen-bond acceptors (Lipinski definition) is 4. The van der Waals surface area contributed by atoms with Crippen molar-refractivity contribution in [3.63, 3.8) is 0 Å². The van der Waals surface area contributed by atoms with Gasteiger partial charge >= 0.3 is 5.97 Å². The summed E-state index contributed by atoms with van der Waals surface area (Å²) in [4.78, 5) is 11.5. The van der Waals surface area contributed by atoms with Crippen LogP contribution in [0.5, 0.6) is 0 Å². The number of esters is 1. The van der Waals surface area contributed by atoms with Crippen LogP contribution in [-0.2, 0) is 11.3 Å². The van der Waals surface area contributed by atoms with Gasteiger partial charge in [-0.05, 0) is 25.0 Å². The Labute approximate surface area is 117 Å². The molecular weight excluding hydrogens is 256 g/mol. The van der Waals surface area contributed by atoms with Gasteiger partial charge in [-0.3, -0.25) is 4.68 Å². The van der Waals surface area contributed by atoms with Gasteiger partial charge in [0.1, 0.15) is 0 Å². The first kappa shape index (κ1) is 14.3. The Hall–Kier alpha value is -2.14. The lowest BCUT2D eigenvalue weighted by atomic mass is 10.1. The first-order valence-corrected chi connectivity index (χ1v) is 6.56. The molecule has 5 nitrogen and oxygen atoms in total. The molecule has 0 saturated carbocycles. The molecule has 0 radical (unpaired) electrons. The van der Waals surface area contributed by atoms with E-state index in [4.69, 9.17) is 4.74 Å². The molecule has 1 N–H and O–H groups in total. The summed E-state index contributed by atoms with van der Waals surface area (Å²) in [5, 5.41) is 13.6. The average molecular weight is 274 g/mol. The van der Waals surface area contributed by atoms with Gasteiger partial charge in [-0.25, -0.2) is 4.79 Å². The quantitative estimate of drug-likeness (QED) is 0.849. The fraction of sp³-hybridized carbons (Fsp3) is 0.333. The van der Waals surface area contributed by atoms with Crippen LogP contribution in [0.15, 0.2) is 36.7 Å². The molecule has 1 aromatic carbocycles. The van der Waals surface area contributed by atoms with E-state index in [1.165, 1.54) is 6.20 Å². The van der Waals surface area contributed by atoms with E-state index in [0.29, 0.717) is 18.7 Å². The highest BCUT2D eigenvalue weighted by Crippen LogP contribution is 2.13. The Morgan fingerprint density at radius 2 is 2.10 bits per heavy atom. The molecule has 0 amide bonds. The predicted octanol–water partition coefficient (Wildman–Crippen LogP) is 2.16. The van der Waals surface area contributed by atoms with Crippen LogP contribution in [0.2, 0.25) is 0 Å². The van der Waals surface area contributed by atoms with Crippen LogP contribution < -0.4 is 0 Å². The molecule has 2 aromatic rings. The number of aromatic nitrogens is 2. The second-order valence-electron chi connectivity index (χ2n) is 4.56. The van der Waals surface area contributed by atoms with Crippen LogP contribution in [-0.4, -0.2) is 27.5 Å². The number of benzene rings is 1. The lowest BCUT2D eigenvalue weighted by molar-refractivity contribution is 0.0526. The molecule has 0 spiro atoms. The van der Waals surface area contributed by atoms with Crippen molar-refractivity contribution < 1.29 is 14.6 Å². The van der Waals surface area contributed by atoms with Crippen molar-refractivity contribution >= 4 is 5.97 Å². The lowest BCUT2D eigenvalue weighted by Crippen LogP contribution is -2.04. The summed E-state index contributed by atoms with van der Waals surface area (Å²) in [5.41, 5.74) is 2.38. The summed E-state index contributed by atoms with van der Waals surface area (Å²) in [7, 11) is 0. The largest absolute Gasteiger partial charge is 0.462 e. The highest BCUT2D eigenvalue weighted by Gasteiger charge is 2.09. The number of aliphatic hydroxyl groups excluding tert-OH is 1. The fourth-order valence-corrected chi connectivity index (χ4v) is 1.86. The topological polar surface area (TPSA) is 64.3 Å². The smallest absolute Gasteiger partial charge is 0.341 e. The molecule has 106 valence electrons. The molecule has 0 bridgehead atoms. The minimum absolute atomic E-state index is 0.352.